The maximum atomic E-state index is 11.4. The Morgan fingerprint density at radius 2 is 2.12 bits per heavy atom. The summed E-state index contributed by atoms with van der Waals surface area (Å²) in [6.45, 7) is 1.27. The maximum Gasteiger partial charge on any atom is 0.321 e. The number of carboxylic acid groups (broad SMARTS) is 1. The zero-order valence-corrected chi connectivity index (χ0v) is 8.63. The zero-order chi connectivity index (χ0) is 11.5. The van der Waals surface area contributed by atoms with Crippen LogP contribution in [0.15, 0.2) is 9.98 Å². The molecule has 2 aliphatic heterocycles. The molecule has 0 aliphatic carbocycles. The molecule has 1 saturated heterocycles. The van der Waals surface area contributed by atoms with Crippen molar-refractivity contribution in [3.8, 4) is 0 Å². The highest BCUT2D eigenvalue weighted by Gasteiger charge is 2.30. The summed E-state index contributed by atoms with van der Waals surface area (Å²) < 4.78 is 5.19. The van der Waals surface area contributed by atoms with Gasteiger partial charge in [0.15, 0.2) is 5.92 Å². The molecule has 2 heterocycles. The van der Waals surface area contributed by atoms with Crippen LogP contribution in [0.2, 0.25) is 0 Å². The van der Waals surface area contributed by atoms with Gasteiger partial charge in [0.2, 0.25) is 0 Å². The highest BCUT2D eigenvalue weighted by atomic mass is 16.5. The molecule has 1 fully saturated rings. The van der Waals surface area contributed by atoms with Crippen molar-refractivity contribution in [2.75, 3.05) is 13.2 Å². The molecule has 6 nitrogen and oxygen atoms in total. The summed E-state index contributed by atoms with van der Waals surface area (Å²) in [5.74, 6) is -2.49. The van der Waals surface area contributed by atoms with Gasteiger partial charge in [-0.1, -0.05) is 0 Å². The van der Waals surface area contributed by atoms with E-state index in [1.165, 1.54) is 6.21 Å². The second-order valence-corrected chi connectivity index (χ2v) is 3.79. The lowest BCUT2D eigenvalue weighted by Gasteiger charge is -2.22. The predicted molar refractivity (Wildman–Crippen MR) is 55.6 cm³/mol. The summed E-state index contributed by atoms with van der Waals surface area (Å²) in [4.78, 5) is 29.8. The van der Waals surface area contributed by atoms with Crippen molar-refractivity contribution in [3.05, 3.63) is 0 Å². The van der Waals surface area contributed by atoms with Gasteiger partial charge in [-0.3, -0.25) is 9.59 Å². The van der Waals surface area contributed by atoms with Crippen LogP contribution in [0.25, 0.3) is 0 Å². The third kappa shape index (κ3) is 2.16. The molecule has 1 N–H and O–H groups in total. The Labute approximate surface area is 92.0 Å². The molecule has 0 aromatic carbocycles. The number of carboxylic acids is 1. The Morgan fingerprint density at radius 1 is 1.44 bits per heavy atom. The molecule has 1 amide bonds. The standard InChI is InChI=1S/C10H12N2O4/c13-9-7(10(14)15)5-11-8(12-9)6-1-3-16-4-2-6/h5-7H,1-4H2,(H,14,15). The lowest BCUT2D eigenvalue weighted by Crippen LogP contribution is -2.31. The smallest absolute Gasteiger partial charge is 0.321 e. The molecule has 0 bridgehead atoms. The number of amides is 1. The molecule has 2 aliphatic rings. The van der Waals surface area contributed by atoms with E-state index in [2.05, 4.69) is 9.98 Å². The molecule has 16 heavy (non-hydrogen) atoms. The number of carbonyl (C=O) groups is 2. The predicted octanol–water partition coefficient (Wildman–Crippen LogP) is 0.123. The van der Waals surface area contributed by atoms with Crippen LogP contribution in [0, 0.1) is 11.8 Å². The first kappa shape index (κ1) is 10.9. The van der Waals surface area contributed by atoms with Gasteiger partial charge < -0.3 is 9.84 Å². The van der Waals surface area contributed by atoms with Crippen LogP contribution in [0.4, 0.5) is 0 Å². The van der Waals surface area contributed by atoms with Gasteiger partial charge in [-0.05, 0) is 12.8 Å². The van der Waals surface area contributed by atoms with E-state index in [-0.39, 0.29) is 5.92 Å². The van der Waals surface area contributed by atoms with Gasteiger partial charge in [0.25, 0.3) is 5.91 Å². The summed E-state index contributed by atoms with van der Waals surface area (Å²) in [5.41, 5.74) is 0. The van der Waals surface area contributed by atoms with Crippen molar-refractivity contribution in [3.63, 3.8) is 0 Å². The molecule has 6 heteroatoms. The van der Waals surface area contributed by atoms with Gasteiger partial charge in [0.05, 0.1) is 0 Å². The Balaban J connectivity index is 2.08. The SMILES string of the molecule is O=C(O)C1C=NC(C2CCOCC2)=NC1=O. The lowest BCUT2D eigenvalue weighted by atomic mass is 9.98. The summed E-state index contributed by atoms with van der Waals surface area (Å²) >= 11 is 0. The number of ether oxygens (including phenoxy) is 1. The molecule has 0 radical (unpaired) electrons. The molecular weight excluding hydrogens is 212 g/mol. The minimum absolute atomic E-state index is 0.115. The van der Waals surface area contributed by atoms with Crippen LogP contribution in [0.5, 0.6) is 0 Å². The highest BCUT2D eigenvalue weighted by Crippen LogP contribution is 2.19. The van der Waals surface area contributed by atoms with Crippen LogP contribution in [0.3, 0.4) is 0 Å². The van der Waals surface area contributed by atoms with E-state index in [1.54, 1.807) is 0 Å². The van der Waals surface area contributed by atoms with Crippen molar-refractivity contribution >= 4 is 23.9 Å². The minimum atomic E-state index is -1.22. The number of hydrogen-bond acceptors (Lipinski definition) is 4. The van der Waals surface area contributed by atoms with Crippen molar-refractivity contribution in [1.82, 2.24) is 0 Å². The summed E-state index contributed by atoms with van der Waals surface area (Å²) in [6.07, 6.45) is 2.73. The van der Waals surface area contributed by atoms with Crippen molar-refractivity contribution in [2.24, 2.45) is 21.8 Å². The average molecular weight is 224 g/mol. The molecule has 86 valence electrons. The first-order valence-electron chi connectivity index (χ1n) is 5.15. The zero-order valence-electron chi connectivity index (χ0n) is 8.63. The molecule has 2 rings (SSSR count). The highest BCUT2D eigenvalue weighted by molar-refractivity contribution is 6.18. The number of rotatable bonds is 2. The number of carbonyl (C=O) groups excluding carboxylic acids is 1. The average Bonchev–Trinajstić information content (AvgIpc) is 2.29. The number of aliphatic carboxylic acids is 1. The third-order valence-corrected chi connectivity index (χ3v) is 2.70. The van der Waals surface area contributed by atoms with E-state index >= 15 is 0 Å². The molecule has 1 atom stereocenters. The van der Waals surface area contributed by atoms with Gasteiger partial charge in [-0.15, -0.1) is 0 Å². The van der Waals surface area contributed by atoms with E-state index < -0.39 is 17.8 Å². The van der Waals surface area contributed by atoms with Crippen molar-refractivity contribution in [1.29, 1.82) is 0 Å². The van der Waals surface area contributed by atoms with Gasteiger partial charge in [-0.25, -0.2) is 4.99 Å². The molecule has 1 unspecified atom stereocenters. The number of aliphatic imine (C=N–C) groups is 2. The molecule has 0 spiro atoms. The number of nitrogens with zero attached hydrogens (tertiary/aromatic N) is 2. The van der Waals surface area contributed by atoms with Gasteiger partial charge in [0, 0.05) is 25.3 Å². The number of hydrogen-bond donors (Lipinski definition) is 1. The lowest BCUT2D eigenvalue weighted by molar-refractivity contribution is -0.142. The monoisotopic (exact) mass is 224 g/mol. The summed E-state index contributed by atoms with van der Waals surface area (Å²) in [5, 5.41) is 8.70. The van der Waals surface area contributed by atoms with Crippen molar-refractivity contribution < 1.29 is 19.4 Å². The second-order valence-electron chi connectivity index (χ2n) is 3.79. The first-order valence-corrected chi connectivity index (χ1v) is 5.15. The Bertz CT molecular complexity index is 369. The second kappa shape index (κ2) is 4.52. The van der Waals surface area contributed by atoms with E-state index in [0.717, 1.165) is 12.8 Å². The quantitative estimate of drug-likeness (QED) is 0.675. The normalized spacial score (nSPS) is 26.6. The first-order chi connectivity index (χ1) is 7.68. The van der Waals surface area contributed by atoms with E-state index in [4.69, 9.17) is 9.84 Å². The van der Waals surface area contributed by atoms with E-state index in [1.807, 2.05) is 0 Å². The Morgan fingerprint density at radius 3 is 2.69 bits per heavy atom. The van der Waals surface area contributed by atoms with E-state index in [9.17, 15) is 9.59 Å². The van der Waals surface area contributed by atoms with Gasteiger partial charge in [0.1, 0.15) is 5.84 Å². The fourth-order valence-electron chi connectivity index (χ4n) is 1.75. The molecule has 0 aromatic rings. The van der Waals surface area contributed by atoms with Crippen LogP contribution in [-0.4, -0.2) is 42.2 Å². The van der Waals surface area contributed by atoms with Crippen molar-refractivity contribution in [2.45, 2.75) is 12.8 Å². The Kier molecular flexibility index (Phi) is 3.09. The molecule has 0 aromatic heterocycles. The fraction of sp³-hybridized carbons (Fsp3) is 0.600. The molecule has 0 saturated carbocycles. The largest absolute Gasteiger partial charge is 0.480 e. The Hall–Kier alpha value is -1.56. The van der Waals surface area contributed by atoms with Crippen LogP contribution >= 0.6 is 0 Å². The maximum absolute atomic E-state index is 11.4. The van der Waals surface area contributed by atoms with E-state index in [0.29, 0.717) is 19.0 Å². The minimum Gasteiger partial charge on any atom is -0.480 e. The summed E-state index contributed by atoms with van der Waals surface area (Å²) in [7, 11) is 0. The topological polar surface area (TPSA) is 88.3 Å². The molecular formula is C10H12N2O4. The van der Waals surface area contributed by atoms with Crippen LogP contribution in [0.1, 0.15) is 12.8 Å². The van der Waals surface area contributed by atoms with Gasteiger partial charge in [-0.2, -0.15) is 4.99 Å². The third-order valence-electron chi connectivity index (χ3n) is 2.70. The summed E-state index contributed by atoms with van der Waals surface area (Å²) in [6, 6.07) is 0. The van der Waals surface area contributed by atoms with Gasteiger partial charge >= 0.3 is 5.97 Å². The van der Waals surface area contributed by atoms with Crippen LogP contribution < -0.4 is 0 Å². The van der Waals surface area contributed by atoms with Crippen LogP contribution in [-0.2, 0) is 14.3 Å². The fourth-order valence-corrected chi connectivity index (χ4v) is 1.75. The number of amidine groups is 1.